The van der Waals surface area contributed by atoms with Gasteiger partial charge in [-0.05, 0) is 75.5 Å². The molecule has 1 saturated heterocycles. The zero-order valence-electron chi connectivity index (χ0n) is 26.5. The van der Waals surface area contributed by atoms with Crippen LogP contribution in [0.25, 0.3) is 0 Å². The summed E-state index contributed by atoms with van der Waals surface area (Å²) in [7, 11) is 3.05. The molecule has 0 bridgehead atoms. The fourth-order valence-corrected chi connectivity index (χ4v) is 5.30. The first kappa shape index (κ1) is 34.0. The Morgan fingerprint density at radius 1 is 1.04 bits per heavy atom. The summed E-state index contributed by atoms with van der Waals surface area (Å²) in [5.74, 6) is -0.214. The Kier molecular flexibility index (Phi) is 12.8. The molecule has 2 aromatic rings. The lowest BCUT2D eigenvalue weighted by Gasteiger charge is -2.31. The molecule has 1 amide bonds. The van der Waals surface area contributed by atoms with Gasteiger partial charge in [0.25, 0.3) is 5.91 Å². The van der Waals surface area contributed by atoms with Gasteiger partial charge in [-0.3, -0.25) is 4.79 Å². The summed E-state index contributed by atoms with van der Waals surface area (Å²) in [6.07, 6.45) is 5.40. The molecular weight excluding hydrogens is 584 g/mol. The van der Waals surface area contributed by atoms with Crippen molar-refractivity contribution in [3.05, 3.63) is 47.8 Å². The molecule has 1 N–H and O–H groups in total. The predicted octanol–water partition coefficient (Wildman–Crippen LogP) is 3.88. The standard InChI is InChI=1S/C33H44N2O10/c1-5-41-19-28(36)43-20-44-31-27(40-4)15-16-34-29(31)32(37)35-26-8-6-7-24(17-22-11-13-25(39-3)14-12-22)30(21(2)45-33(26)38)42-18-23-9-10-23/h11-16,21,23-24,26,30H,5-10,17-20H2,1-4H3,(H,35,37)/t21-,24+,26-,30-/m0/s1. The molecule has 0 radical (unpaired) electrons. The Morgan fingerprint density at radius 3 is 2.51 bits per heavy atom. The molecule has 2 aliphatic rings. The van der Waals surface area contributed by atoms with Crippen LogP contribution >= 0.6 is 0 Å². The minimum absolute atomic E-state index is 0.0281. The first-order valence-corrected chi connectivity index (χ1v) is 15.5. The van der Waals surface area contributed by atoms with Crippen molar-refractivity contribution in [2.75, 3.05) is 40.8 Å². The number of nitrogens with one attached hydrogen (secondary N) is 1. The number of amides is 1. The van der Waals surface area contributed by atoms with Crippen LogP contribution in [0.2, 0.25) is 0 Å². The normalized spacial score (nSPS) is 21.8. The smallest absolute Gasteiger partial charge is 0.334 e. The molecule has 1 aliphatic carbocycles. The molecule has 0 unspecified atom stereocenters. The van der Waals surface area contributed by atoms with E-state index in [1.807, 2.05) is 31.2 Å². The lowest BCUT2D eigenvalue weighted by atomic mass is 9.86. The number of carbonyl (C=O) groups excluding carboxylic acids is 3. The highest BCUT2D eigenvalue weighted by molar-refractivity contribution is 5.98. The van der Waals surface area contributed by atoms with E-state index in [0.717, 1.165) is 37.0 Å². The highest BCUT2D eigenvalue weighted by Gasteiger charge is 2.37. The van der Waals surface area contributed by atoms with Crippen LogP contribution in [0.15, 0.2) is 36.5 Å². The summed E-state index contributed by atoms with van der Waals surface area (Å²) < 4.78 is 38.7. The number of hydrogen-bond acceptors (Lipinski definition) is 11. The molecule has 1 aromatic heterocycles. The summed E-state index contributed by atoms with van der Waals surface area (Å²) in [6.45, 7) is 3.88. The SMILES string of the molecule is CCOCC(=O)OCOc1c(OC)ccnc1C(=O)N[C@H]1CCC[C@H](Cc2ccc(OC)cc2)[C@@H](OCC2CC2)[C@H](C)OC1=O. The van der Waals surface area contributed by atoms with Crippen LogP contribution in [-0.2, 0) is 35.0 Å². The molecule has 12 nitrogen and oxygen atoms in total. The van der Waals surface area contributed by atoms with E-state index in [0.29, 0.717) is 32.0 Å². The molecule has 4 atom stereocenters. The molecule has 246 valence electrons. The van der Waals surface area contributed by atoms with E-state index in [2.05, 4.69) is 10.3 Å². The third kappa shape index (κ3) is 10.1. The van der Waals surface area contributed by atoms with Crippen molar-refractivity contribution in [2.45, 2.75) is 70.6 Å². The maximum absolute atomic E-state index is 13.5. The molecule has 2 fully saturated rings. The van der Waals surface area contributed by atoms with E-state index >= 15 is 0 Å². The predicted molar refractivity (Wildman–Crippen MR) is 162 cm³/mol. The summed E-state index contributed by atoms with van der Waals surface area (Å²) in [5, 5.41) is 2.78. The number of carbonyl (C=O) groups is 3. The van der Waals surface area contributed by atoms with E-state index in [4.69, 9.17) is 33.2 Å². The Bertz CT molecular complexity index is 1270. The molecule has 1 aliphatic heterocycles. The van der Waals surface area contributed by atoms with Gasteiger partial charge >= 0.3 is 11.9 Å². The van der Waals surface area contributed by atoms with E-state index in [-0.39, 0.29) is 35.8 Å². The molecule has 2 heterocycles. The molecular formula is C33H44N2O10. The highest BCUT2D eigenvalue weighted by atomic mass is 16.7. The fourth-order valence-electron chi connectivity index (χ4n) is 5.30. The minimum Gasteiger partial charge on any atom is -0.497 e. The van der Waals surface area contributed by atoms with E-state index in [1.54, 1.807) is 14.0 Å². The molecule has 1 aromatic carbocycles. The molecule has 12 heteroatoms. The topological polar surface area (TPSA) is 141 Å². The number of pyridine rings is 1. The van der Waals surface area contributed by atoms with E-state index in [1.165, 1.54) is 19.4 Å². The summed E-state index contributed by atoms with van der Waals surface area (Å²) in [5.41, 5.74) is 1.02. The second-order valence-electron chi connectivity index (χ2n) is 11.3. The van der Waals surface area contributed by atoms with Gasteiger partial charge in [0.15, 0.2) is 17.2 Å². The number of benzene rings is 1. The van der Waals surface area contributed by atoms with Crippen LogP contribution in [0.3, 0.4) is 0 Å². The van der Waals surface area contributed by atoms with E-state index in [9.17, 15) is 14.4 Å². The van der Waals surface area contributed by atoms with Crippen LogP contribution in [0.1, 0.15) is 62.0 Å². The molecule has 0 spiro atoms. The Hall–Kier alpha value is -3.90. The second kappa shape index (κ2) is 17.0. The molecule has 4 rings (SSSR count). The fraction of sp³-hybridized carbons (Fsp3) is 0.576. The van der Waals surface area contributed by atoms with Crippen molar-refractivity contribution in [3.8, 4) is 17.2 Å². The quantitative estimate of drug-likeness (QED) is 0.227. The second-order valence-corrected chi connectivity index (χ2v) is 11.3. The minimum atomic E-state index is -0.923. The Morgan fingerprint density at radius 2 is 1.82 bits per heavy atom. The maximum Gasteiger partial charge on any atom is 0.334 e. The van der Waals surface area contributed by atoms with Crippen LogP contribution in [0, 0.1) is 11.8 Å². The summed E-state index contributed by atoms with van der Waals surface area (Å²) in [4.78, 5) is 42.9. The van der Waals surface area contributed by atoms with Gasteiger partial charge in [0.1, 0.15) is 24.5 Å². The lowest BCUT2D eigenvalue weighted by molar-refractivity contribution is -0.161. The van der Waals surface area contributed by atoms with Gasteiger partial charge in [0.05, 0.1) is 20.3 Å². The van der Waals surface area contributed by atoms with Crippen molar-refractivity contribution in [1.29, 1.82) is 0 Å². The number of esters is 2. The molecule has 1 saturated carbocycles. The van der Waals surface area contributed by atoms with Gasteiger partial charge in [-0.25, -0.2) is 14.6 Å². The van der Waals surface area contributed by atoms with Crippen LogP contribution < -0.4 is 19.5 Å². The van der Waals surface area contributed by atoms with E-state index < -0.39 is 36.8 Å². The van der Waals surface area contributed by atoms with Crippen molar-refractivity contribution in [2.24, 2.45) is 11.8 Å². The van der Waals surface area contributed by atoms with Gasteiger partial charge in [0, 0.05) is 25.5 Å². The summed E-state index contributed by atoms with van der Waals surface area (Å²) in [6, 6.07) is 8.56. The zero-order chi connectivity index (χ0) is 32.2. The van der Waals surface area contributed by atoms with Gasteiger partial charge in [0.2, 0.25) is 6.79 Å². The average Bonchev–Trinajstić information content (AvgIpc) is 3.87. The summed E-state index contributed by atoms with van der Waals surface area (Å²) >= 11 is 0. The zero-order valence-corrected chi connectivity index (χ0v) is 26.5. The van der Waals surface area contributed by atoms with Crippen molar-refractivity contribution in [3.63, 3.8) is 0 Å². The van der Waals surface area contributed by atoms with Crippen LogP contribution in [0.5, 0.6) is 17.2 Å². The first-order valence-electron chi connectivity index (χ1n) is 15.5. The van der Waals surface area contributed by atoms with Crippen LogP contribution in [0.4, 0.5) is 0 Å². The Balaban J connectivity index is 1.46. The third-order valence-electron chi connectivity index (χ3n) is 7.92. The Labute approximate surface area is 264 Å². The third-order valence-corrected chi connectivity index (χ3v) is 7.92. The largest absolute Gasteiger partial charge is 0.497 e. The number of aromatic nitrogens is 1. The number of nitrogens with zero attached hydrogens (tertiary/aromatic N) is 1. The highest BCUT2D eigenvalue weighted by Crippen LogP contribution is 2.33. The number of hydrogen-bond donors (Lipinski definition) is 1. The molecule has 45 heavy (non-hydrogen) atoms. The number of methoxy groups -OCH3 is 2. The van der Waals surface area contributed by atoms with Crippen molar-refractivity contribution in [1.82, 2.24) is 10.3 Å². The number of ether oxygens (including phenoxy) is 7. The lowest BCUT2D eigenvalue weighted by Crippen LogP contribution is -2.45. The van der Waals surface area contributed by atoms with Gasteiger partial charge < -0.3 is 38.5 Å². The van der Waals surface area contributed by atoms with Gasteiger partial charge in [-0.2, -0.15) is 0 Å². The number of rotatable bonds is 15. The van der Waals surface area contributed by atoms with Crippen LogP contribution in [-0.4, -0.2) is 81.9 Å². The average molecular weight is 629 g/mol. The monoisotopic (exact) mass is 628 g/mol. The number of cyclic esters (lactones) is 1. The van der Waals surface area contributed by atoms with Gasteiger partial charge in [-0.1, -0.05) is 18.6 Å². The van der Waals surface area contributed by atoms with Crippen molar-refractivity contribution < 1.29 is 47.5 Å². The first-order chi connectivity index (χ1) is 21.8. The van der Waals surface area contributed by atoms with Gasteiger partial charge in [-0.15, -0.1) is 0 Å². The van der Waals surface area contributed by atoms with Crippen molar-refractivity contribution >= 4 is 17.8 Å². The maximum atomic E-state index is 13.5.